The molecular formula is C58H90N3O22S+. The number of esters is 1. The van der Waals surface area contributed by atoms with Gasteiger partial charge in [-0.15, -0.1) is 0 Å². The Morgan fingerprint density at radius 1 is 0.548 bits per heavy atom. The number of nitrogens with two attached hydrogens (primary N) is 1. The van der Waals surface area contributed by atoms with Gasteiger partial charge in [0.2, 0.25) is 11.0 Å². The molecule has 26 heteroatoms. The molecule has 0 atom stereocenters. The average molecular weight is 1210 g/mol. The number of benzene rings is 3. The average Bonchev–Trinajstić information content (AvgIpc) is 2.32. The lowest BCUT2D eigenvalue weighted by Gasteiger charge is -2.25. The molecule has 4 N–H and O–H groups in total. The number of rotatable bonds is 47. The van der Waals surface area contributed by atoms with Gasteiger partial charge in [-0.2, -0.15) is 13.0 Å². The van der Waals surface area contributed by atoms with Crippen LogP contribution in [-0.2, 0) is 83.0 Å². The molecule has 1 amide bonds. The minimum atomic E-state index is -4.38. The van der Waals surface area contributed by atoms with E-state index >= 15 is 4.79 Å². The molecule has 0 unspecified atom stereocenters. The second-order valence-corrected chi connectivity index (χ2v) is 21.1. The smallest absolute Gasteiger partial charge is 0.345 e. The second kappa shape index (κ2) is 39.8. The van der Waals surface area contributed by atoms with Crippen LogP contribution in [0.15, 0.2) is 48.5 Å². The van der Waals surface area contributed by atoms with Crippen LogP contribution in [0.25, 0.3) is 21.8 Å². The molecule has 0 spiro atoms. The van der Waals surface area contributed by atoms with Gasteiger partial charge in [0.15, 0.2) is 6.54 Å². The lowest BCUT2D eigenvalue weighted by Crippen LogP contribution is -2.38. The Bertz CT molecular complexity index is 2470. The Hall–Kier alpha value is -4.82. The fourth-order valence-electron chi connectivity index (χ4n) is 8.97. The number of pyridine rings is 1. The molecule has 0 aliphatic carbocycles. The normalized spacial score (nSPS) is 12.2. The predicted molar refractivity (Wildman–Crippen MR) is 309 cm³/mol. The maximum atomic E-state index is 15.5. The summed E-state index contributed by atoms with van der Waals surface area (Å²) in [7, 11) is 8.08. The Morgan fingerprint density at radius 3 is 1.31 bits per heavy atom. The van der Waals surface area contributed by atoms with E-state index in [-0.39, 0.29) is 123 Å². The van der Waals surface area contributed by atoms with Gasteiger partial charge in [-0.25, -0.2) is 4.79 Å². The van der Waals surface area contributed by atoms with Gasteiger partial charge >= 0.3 is 5.97 Å². The topological polar surface area (TPSA) is 287 Å². The largest absolute Gasteiger partial charge is 0.486 e. The van der Waals surface area contributed by atoms with Crippen LogP contribution in [0.1, 0.15) is 38.3 Å². The lowest BCUT2D eigenvalue weighted by molar-refractivity contribution is -0.645. The minimum Gasteiger partial charge on any atom is -0.486 e. The van der Waals surface area contributed by atoms with Crippen molar-refractivity contribution in [2.45, 2.75) is 63.4 Å². The molecule has 0 aliphatic heterocycles. The number of amides is 1. The molecule has 0 saturated carbocycles. The highest BCUT2D eigenvalue weighted by Gasteiger charge is 2.30. The van der Waals surface area contributed by atoms with Crippen molar-refractivity contribution >= 4 is 43.8 Å². The van der Waals surface area contributed by atoms with Crippen molar-refractivity contribution in [1.29, 1.82) is 0 Å². The van der Waals surface area contributed by atoms with Gasteiger partial charge < -0.3 is 91.6 Å². The Kier molecular flexibility index (Phi) is 33.9. The molecule has 3 aromatic carbocycles. The van der Waals surface area contributed by atoms with E-state index in [0.29, 0.717) is 76.4 Å². The molecule has 0 bridgehead atoms. The third kappa shape index (κ3) is 24.9. The van der Waals surface area contributed by atoms with E-state index in [0.717, 1.165) is 0 Å². The van der Waals surface area contributed by atoms with E-state index < -0.39 is 58.5 Å². The number of hydrogen-bond acceptors (Lipinski definition) is 22. The van der Waals surface area contributed by atoms with Crippen LogP contribution in [0, 0.1) is 13.8 Å². The third-order valence-electron chi connectivity index (χ3n) is 12.6. The number of nitrogens with one attached hydrogen (secondary N) is 1. The number of fused-ring (bicyclic) bond motifs is 2. The maximum Gasteiger partial charge on any atom is 0.345 e. The SMILES string of the molecule is COCC(COC)OCC(COC(COC)COC)Oc1ccc2c(c1)c(C(=O)Oc1c(C)cc(C(=O)NCCOCCOCCN)cc1C)c1cc(OC(COC(COC)COC)COC(COC)COC)ccc1[n+]2CCCS(=O)(=O)O. The number of hydrogen-bond donors (Lipinski definition) is 3. The predicted octanol–water partition coefficient (Wildman–Crippen LogP) is 3.32. The Labute approximate surface area is 493 Å². The van der Waals surface area contributed by atoms with Crippen molar-refractivity contribution < 1.29 is 108 Å². The van der Waals surface area contributed by atoms with Crippen molar-refractivity contribution in [3.63, 3.8) is 0 Å². The maximum absolute atomic E-state index is 15.5. The standard InChI is InChI=1S/C58H89N3O22S/c1-40-24-42(57(62)60-17-20-76-22-21-75-19-16-59)25-41(2)56(40)83-58(63)55-51-26-43(81-49(36-77-45(28-67-3)29-68-4)37-78-46(30-69-5)31-70-6)12-14-53(51)61(18-11-23-84(64,65)66)54-15-13-44(27-52(54)55)82-50(38-79-47(32-71-7)33-72-8)39-80-48(34-73-9)35-74-10/h12-15,24-27,45-50H,11,16-23,28-39,59H2,1-10H3,(H-,60,62,64,65,66)/p+1. The summed E-state index contributed by atoms with van der Waals surface area (Å²) in [6, 6.07) is 13.5. The van der Waals surface area contributed by atoms with E-state index in [1.54, 1.807) is 119 Å². The van der Waals surface area contributed by atoms with E-state index in [4.69, 9.17) is 86.3 Å². The zero-order chi connectivity index (χ0) is 61.3. The first-order valence-electron chi connectivity index (χ1n) is 27.6. The first-order valence-corrected chi connectivity index (χ1v) is 29.2. The van der Waals surface area contributed by atoms with Crippen molar-refractivity contribution in [3.05, 3.63) is 70.8 Å². The molecule has 0 saturated heterocycles. The van der Waals surface area contributed by atoms with E-state index in [2.05, 4.69) is 5.32 Å². The number of aromatic nitrogens is 1. The fraction of sp³-hybridized carbons (Fsp3) is 0.638. The summed E-state index contributed by atoms with van der Waals surface area (Å²) in [4.78, 5) is 28.9. The molecule has 0 aliphatic rings. The molecule has 474 valence electrons. The summed E-state index contributed by atoms with van der Waals surface area (Å²) >= 11 is 0. The Morgan fingerprint density at radius 2 is 0.940 bits per heavy atom. The first kappa shape index (κ1) is 71.7. The van der Waals surface area contributed by atoms with Crippen LogP contribution < -0.4 is 29.8 Å². The zero-order valence-corrected chi connectivity index (χ0v) is 51.2. The van der Waals surface area contributed by atoms with Gasteiger partial charge in [0.25, 0.3) is 16.0 Å². The number of aryl methyl sites for hydroxylation is 3. The van der Waals surface area contributed by atoms with Crippen molar-refractivity contribution in [3.8, 4) is 17.2 Å². The number of nitrogens with zero attached hydrogens (tertiary/aromatic N) is 1. The van der Waals surface area contributed by atoms with E-state index in [1.165, 1.54) is 0 Å². The molecular weight excluding hydrogens is 1120 g/mol. The molecule has 0 radical (unpaired) electrons. The molecule has 25 nitrogen and oxygen atoms in total. The zero-order valence-electron chi connectivity index (χ0n) is 50.4. The van der Waals surface area contributed by atoms with Crippen LogP contribution in [-0.4, -0.2) is 243 Å². The monoisotopic (exact) mass is 1210 g/mol. The molecule has 1 heterocycles. The molecule has 84 heavy (non-hydrogen) atoms. The summed E-state index contributed by atoms with van der Waals surface area (Å²) < 4.78 is 135. The Balaban J connectivity index is 1.95. The van der Waals surface area contributed by atoms with Gasteiger partial charge in [-0.3, -0.25) is 9.35 Å². The van der Waals surface area contributed by atoms with Gasteiger partial charge in [0.1, 0.15) is 53.9 Å². The number of carbonyl (C=O) groups is 2. The van der Waals surface area contributed by atoms with Gasteiger partial charge in [-0.1, -0.05) is 0 Å². The van der Waals surface area contributed by atoms with Crippen LogP contribution in [0.2, 0.25) is 0 Å². The van der Waals surface area contributed by atoms with E-state index in [1.807, 2.05) is 4.57 Å². The minimum absolute atomic E-state index is 0.0143. The third-order valence-corrected chi connectivity index (χ3v) is 13.4. The molecule has 0 fully saturated rings. The number of methoxy groups -OCH3 is 8. The molecule has 4 rings (SSSR count). The second-order valence-electron chi connectivity index (χ2n) is 19.6. The fourth-order valence-corrected chi connectivity index (χ4v) is 9.47. The van der Waals surface area contributed by atoms with Crippen LogP contribution >= 0.6 is 0 Å². The molecule has 4 aromatic rings. The molecule has 1 aromatic heterocycles. The quantitative estimate of drug-likeness (QED) is 0.0143. The highest BCUT2D eigenvalue weighted by Crippen LogP contribution is 2.34. The van der Waals surface area contributed by atoms with Crippen LogP contribution in [0.5, 0.6) is 17.2 Å². The summed E-state index contributed by atoms with van der Waals surface area (Å²) in [5.74, 6) is -0.907. The van der Waals surface area contributed by atoms with Gasteiger partial charge in [0, 0.05) is 94.1 Å². The summed E-state index contributed by atoms with van der Waals surface area (Å²) in [5.41, 5.74) is 7.82. The van der Waals surface area contributed by atoms with Crippen LogP contribution in [0.4, 0.5) is 0 Å². The van der Waals surface area contributed by atoms with E-state index in [9.17, 15) is 17.8 Å². The van der Waals surface area contributed by atoms with Crippen molar-refractivity contribution in [2.75, 3.05) is 181 Å². The van der Waals surface area contributed by atoms with Crippen LogP contribution in [0.3, 0.4) is 0 Å². The summed E-state index contributed by atoms with van der Waals surface area (Å²) in [6.07, 6.45) is -3.36. The summed E-state index contributed by atoms with van der Waals surface area (Å²) in [5, 5.41) is 3.52. The van der Waals surface area contributed by atoms with Gasteiger partial charge in [0.05, 0.1) is 128 Å². The summed E-state index contributed by atoms with van der Waals surface area (Å²) in [6.45, 7) is 7.51. The highest BCUT2D eigenvalue weighted by atomic mass is 32.2. The van der Waals surface area contributed by atoms with Crippen molar-refractivity contribution in [1.82, 2.24) is 5.32 Å². The first-order chi connectivity index (χ1) is 40.6. The van der Waals surface area contributed by atoms with Gasteiger partial charge in [-0.05, 0) is 61.4 Å². The van der Waals surface area contributed by atoms with Crippen molar-refractivity contribution in [2.24, 2.45) is 5.73 Å². The highest BCUT2D eigenvalue weighted by molar-refractivity contribution is 7.85. The number of ether oxygens (including phenoxy) is 17. The lowest BCUT2D eigenvalue weighted by atomic mass is 10.0. The number of carbonyl (C=O) groups excluding carboxylic acids is 2.